The van der Waals surface area contributed by atoms with Crippen molar-refractivity contribution in [3.05, 3.63) is 58.6 Å². The number of rotatable bonds is 3. The quantitative estimate of drug-likeness (QED) is 0.798. The fourth-order valence-electron chi connectivity index (χ4n) is 2.27. The van der Waals surface area contributed by atoms with E-state index < -0.39 is 0 Å². The summed E-state index contributed by atoms with van der Waals surface area (Å²) in [6.07, 6.45) is 2.03. The number of aromatic nitrogens is 1. The van der Waals surface area contributed by atoms with E-state index in [-0.39, 0.29) is 5.91 Å². The molecule has 3 rings (SSSR count). The summed E-state index contributed by atoms with van der Waals surface area (Å²) in [5.41, 5.74) is 2.24. The van der Waals surface area contributed by atoms with Crippen LogP contribution < -0.4 is 5.32 Å². The van der Waals surface area contributed by atoms with E-state index in [9.17, 15) is 4.79 Å². The molecule has 0 aliphatic heterocycles. The maximum Gasteiger partial charge on any atom is 0.287 e. The van der Waals surface area contributed by atoms with E-state index >= 15 is 0 Å². The van der Waals surface area contributed by atoms with Crippen LogP contribution in [-0.4, -0.2) is 10.5 Å². The number of halogens is 1. The van der Waals surface area contributed by atoms with Gasteiger partial charge in [-0.3, -0.25) is 4.79 Å². The van der Waals surface area contributed by atoms with Gasteiger partial charge in [0.2, 0.25) is 0 Å². The highest BCUT2D eigenvalue weighted by atomic mass is 79.9. The Balaban J connectivity index is 1.79. The Kier molecular flexibility index (Phi) is 3.36. The fraction of sp³-hybridized carbons (Fsp3) is 0.133. The summed E-state index contributed by atoms with van der Waals surface area (Å²) in [5.74, 6) is 0.0840. The first kappa shape index (κ1) is 13.0. The molecule has 0 saturated carbocycles. The first-order valence-corrected chi connectivity index (χ1v) is 7.01. The average Bonchev–Trinajstić information content (AvgIpc) is 3.01. The molecule has 102 valence electrons. The summed E-state index contributed by atoms with van der Waals surface area (Å²) < 4.78 is 7.83. The molecule has 0 bridgehead atoms. The SMILES string of the molecule is Cn1cc(CNC(=O)c2ccc(Br)o2)c2ccccc21. The van der Waals surface area contributed by atoms with E-state index in [0.29, 0.717) is 17.0 Å². The van der Waals surface area contributed by atoms with Crippen molar-refractivity contribution in [2.75, 3.05) is 0 Å². The third-order valence-corrected chi connectivity index (χ3v) is 3.64. The van der Waals surface area contributed by atoms with E-state index in [1.165, 1.54) is 0 Å². The molecular weight excluding hydrogens is 320 g/mol. The number of carbonyl (C=O) groups is 1. The number of hydrogen-bond donors (Lipinski definition) is 1. The number of furan rings is 1. The third-order valence-electron chi connectivity index (χ3n) is 3.22. The summed E-state index contributed by atoms with van der Waals surface area (Å²) in [7, 11) is 2.00. The van der Waals surface area contributed by atoms with Gasteiger partial charge >= 0.3 is 0 Å². The number of benzene rings is 1. The molecule has 1 N–H and O–H groups in total. The molecule has 0 atom stereocenters. The van der Waals surface area contributed by atoms with Gasteiger partial charge in [-0.1, -0.05) is 18.2 Å². The average molecular weight is 333 g/mol. The van der Waals surface area contributed by atoms with Crippen LogP contribution in [0.4, 0.5) is 0 Å². The van der Waals surface area contributed by atoms with Gasteiger partial charge in [0.05, 0.1) is 0 Å². The molecule has 0 saturated heterocycles. The zero-order valence-corrected chi connectivity index (χ0v) is 12.5. The maximum absolute atomic E-state index is 11.9. The minimum Gasteiger partial charge on any atom is -0.444 e. The topological polar surface area (TPSA) is 47.2 Å². The number of carbonyl (C=O) groups excluding carboxylic acids is 1. The highest BCUT2D eigenvalue weighted by Crippen LogP contribution is 2.20. The Bertz CT molecular complexity index is 773. The predicted octanol–water partition coefficient (Wildman–Crippen LogP) is 3.46. The van der Waals surface area contributed by atoms with Crippen molar-refractivity contribution in [2.24, 2.45) is 7.05 Å². The first-order chi connectivity index (χ1) is 9.65. The molecular formula is C15H13BrN2O2. The highest BCUT2D eigenvalue weighted by Gasteiger charge is 2.11. The van der Waals surface area contributed by atoms with Gasteiger partial charge < -0.3 is 14.3 Å². The summed E-state index contributed by atoms with van der Waals surface area (Å²) in [6.45, 7) is 0.471. The molecule has 0 spiro atoms. The van der Waals surface area contributed by atoms with Gasteiger partial charge in [-0.05, 0) is 39.7 Å². The predicted molar refractivity (Wildman–Crippen MR) is 80.5 cm³/mol. The molecule has 20 heavy (non-hydrogen) atoms. The van der Waals surface area contributed by atoms with Gasteiger partial charge in [0.15, 0.2) is 10.4 Å². The normalized spacial score (nSPS) is 10.9. The van der Waals surface area contributed by atoms with E-state index in [4.69, 9.17) is 4.42 Å². The van der Waals surface area contributed by atoms with Crippen molar-refractivity contribution in [1.29, 1.82) is 0 Å². The lowest BCUT2D eigenvalue weighted by Crippen LogP contribution is -2.22. The van der Waals surface area contributed by atoms with E-state index in [1.54, 1.807) is 12.1 Å². The van der Waals surface area contributed by atoms with Crippen molar-refractivity contribution in [3.8, 4) is 0 Å². The van der Waals surface area contributed by atoms with Gasteiger partial charge in [0.1, 0.15) is 0 Å². The number of nitrogens with one attached hydrogen (secondary N) is 1. The summed E-state index contributed by atoms with van der Waals surface area (Å²) in [5, 5.41) is 4.02. The van der Waals surface area contributed by atoms with Crippen LogP contribution in [0.5, 0.6) is 0 Å². The van der Waals surface area contributed by atoms with Gasteiger partial charge in [-0.25, -0.2) is 0 Å². The van der Waals surface area contributed by atoms with Gasteiger partial charge in [-0.15, -0.1) is 0 Å². The number of fused-ring (bicyclic) bond motifs is 1. The van der Waals surface area contributed by atoms with Gasteiger partial charge in [0.25, 0.3) is 5.91 Å². The monoisotopic (exact) mass is 332 g/mol. The first-order valence-electron chi connectivity index (χ1n) is 6.21. The lowest BCUT2D eigenvalue weighted by atomic mass is 10.2. The van der Waals surface area contributed by atoms with Crippen LogP contribution >= 0.6 is 15.9 Å². The molecule has 4 nitrogen and oxygen atoms in total. The van der Waals surface area contributed by atoms with Crippen LogP contribution in [0.2, 0.25) is 0 Å². The molecule has 0 radical (unpaired) electrons. The Morgan fingerprint density at radius 3 is 2.85 bits per heavy atom. The van der Waals surface area contributed by atoms with Gasteiger partial charge in [0, 0.05) is 30.7 Å². The van der Waals surface area contributed by atoms with Crippen LogP contribution in [0.3, 0.4) is 0 Å². The molecule has 0 unspecified atom stereocenters. The molecule has 5 heteroatoms. The molecule has 3 aromatic rings. The van der Waals surface area contributed by atoms with Crippen LogP contribution in [-0.2, 0) is 13.6 Å². The number of nitrogens with zero attached hydrogens (tertiary/aromatic N) is 1. The lowest BCUT2D eigenvalue weighted by Gasteiger charge is -2.02. The molecule has 1 amide bonds. The second-order valence-electron chi connectivity index (χ2n) is 4.57. The molecule has 0 aliphatic carbocycles. The maximum atomic E-state index is 11.9. The minimum atomic E-state index is -0.219. The van der Waals surface area contributed by atoms with Crippen molar-refractivity contribution in [2.45, 2.75) is 6.54 Å². The second kappa shape index (κ2) is 5.17. The standard InChI is InChI=1S/C15H13BrN2O2/c1-18-9-10(11-4-2-3-5-12(11)18)8-17-15(19)13-6-7-14(16)20-13/h2-7,9H,8H2,1H3,(H,17,19). The van der Waals surface area contributed by atoms with E-state index in [1.807, 2.05) is 25.4 Å². The van der Waals surface area contributed by atoms with Gasteiger partial charge in [-0.2, -0.15) is 0 Å². The molecule has 0 fully saturated rings. The van der Waals surface area contributed by atoms with Crippen molar-refractivity contribution >= 4 is 32.7 Å². The molecule has 2 heterocycles. The fourth-order valence-corrected chi connectivity index (χ4v) is 2.57. The Morgan fingerprint density at radius 1 is 1.30 bits per heavy atom. The van der Waals surface area contributed by atoms with Crippen LogP contribution in [0, 0.1) is 0 Å². The summed E-state index contributed by atoms with van der Waals surface area (Å²) in [4.78, 5) is 11.9. The van der Waals surface area contributed by atoms with Crippen molar-refractivity contribution in [1.82, 2.24) is 9.88 Å². The number of hydrogen-bond acceptors (Lipinski definition) is 2. The number of para-hydroxylation sites is 1. The molecule has 0 aliphatic rings. The van der Waals surface area contributed by atoms with Crippen molar-refractivity contribution in [3.63, 3.8) is 0 Å². The second-order valence-corrected chi connectivity index (χ2v) is 5.35. The van der Waals surface area contributed by atoms with Crippen LogP contribution in [0.1, 0.15) is 16.1 Å². The summed E-state index contributed by atoms with van der Waals surface area (Å²) in [6, 6.07) is 11.5. The number of amides is 1. The lowest BCUT2D eigenvalue weighted by molar-refractivity contribution is 0.0922. The molecule has 1 aromatic carbocycles. The smallest absolute Gasteiger partial charge is 0.287 e. The molecule has 2 aromatic heterocycles. The van der Waals surface area contributed by atoms with Crippen LogP contribution in [0.15, 0.2) is 51.7 Å². The Morgan fingerprint density at radius 2 is 2.10 bits per heavy atom. The zero-order chi connectivity index (χ0) is 14.1. The largest absolute Gasteiger partial charge is 0.444 e. The van der Waals surface area contributed by atoms with Crippen molar-refractivity contribution < 1.29 is 9.21 Å². The highest BCUT2D eigenvalue weighted by molar-refractivity contribution is 9.10. The van der Waals surface area contributed by atoms with E-state index in [2.05, 4.69) is 37.9 Å². The minimum absolute atomic E-state index is 0.219. The third kappa shape index (κ3) is 2.36. The Hall–Kier alpha value is -2.01. The van der Waals surface area contributed by atoms with E-state index in [0.717, 1.165) is 16.5 Å². The summed E-state index contributed by atoms with van der Waals surface area (Å²) >= 11 is 3.18. The Labute approximate surface area is 124 Å². The zero-order valence-electron chi connectivity index (χ0n) is 10.9. The van der Waals surface area contributed by atoms with Crippen LogP contribution in [0.25, 0.3) is 10.9 Å². The number of aryl methyl sites for hydroxylation is 1.